The van der Waals surface area contributed by atoms with Gasteiger partial charge in [0.05, 0.1) is 30.0 Å². The van der Waals surface area contributed by atoms with Gasteiger partial charge in [-0.25, -0.2) is 9.97 Å². The van der Waals surface area contributed by atoms with E-state index in [-0.39, 0.29) is 5.91 Å². The number of methoxy groups -OCH3 is 2. The average molecular weight is 563 g/mol. The van der Waals surface area contributed by atoms with Crippen LogP contribution < -0.4 is 20.1 Å². The first-order valence-corrected chi connectivity index (χ1v) is 12.6. The van der Waals surface area contributed by atoms with E-state index in [1.54, 1.807) is 19.3 Å². The number of hydrogen-bond acceptors (Lipinski definition) is 7. The van der Waals surface area contributed by atoms with E-state index >= 15 is 0 Å². The molecular formula is C28H24Cl2N6O3. The van der Waals surface area contributed by atoms with Gasteiger partial charge in [-0.1, -0.05) is 48.0 Å². The standard InChI is InChI=1S/C28H24Cl2N6O3/c1-5-22(37)32-12-15-7-6-8-16(9-15)19-14-36-26-17(13-33-28(31-2)35-26)10-18(27(36)34-19)23-24(29)20(38-3)11-21(39-4)25(23)30/h5-11,13-14H,1,12H2,2-4H3,(H,32,37)(H,31,33,35). The van der Waals surface area contributed by atoms with Gasteiger partial charge < -0.3 is 20.1 Å². The molecule has 0 saturated carbocycles. The van der Waals surface area contributed by atoms with E-state index in [2.05, 4.69) is 27.2 Å². The van der Waals surface area contributed by atoms with Crippen LogP contribution in [0.1, 0.15) is 5.56 Å². The van der Waals surface area contributed by atoms with Gasteiger partial charge in [-0.3, -0.25) is 9.20 Å². The van der Waals surface area contributed by atoms with E-state index in [1.165, 1.54) is 20.3 Å². The monoisotopic (exact) mass is 562 g/mol. The summed E-state index contributed by atoms with van der Waals surface area (Å²) in [6, 6.07) is 11.3. The van der Waals surface area contributed by atoms with E-state index < -0.39 is 0 Å². The lowest BCUT2D eigenvalue weighted by atomic mass is 10.0. The molecule has 3 heterocycles. The third-order valence-corrected chi connectivity index (χ3v) is 6.96. The largest absolute Gasteiger partial charge is 0.495 e. The molecule has 0 aliphatic heterocycles. The van der Waals surface area contributed by atoms with Crippen LogP contribution in [-0.2, 0) is 11.3 Å². The first kappa shape index (κ1) is 26.3. The minimum atomic E-state index is -0.244. The second-order valence-electron chi connectivity index (χ2n) is 8.51. The summed E-state index contributed by atoms with van der Waals surface area (Å²) in [5.74, 6) is 1.04. The van der Waals surface area contributed by atoms with Gasteiger partial charge in [-0.05, 0) is 23.8 Å². The molecule has 5 aromatic rings. The zero-order valence-electron chi connectivity index (χ0n) is 21.4. The molecule has 0 aliphatic rings. The number of aromatic nitrogens is 4. The number of benzene rings is 2. The van der Waals surface area contributed by atoms with Crippen molar-refractivity contribution >= 4 is 51.7 Å². The van der Waals surface area contributed by atoms with E-state index in [9.17, 15) is 4.79 Å². The minimum absolute atomic E-state index is 0.244. The van der Waals surface area contributed by atoms with Gasteiger partial charge in [-0.15, -0.1) is 0 Å². The molecule has 3 aromatic heterocycles. The van der Waals surface area contributed by atoms with Crippen LogP contribution in [0, 0.1) is 0 Å². The number of hydrogen-bond donors (Lipinski definition) is 2. The van der Waals surface area contributed by atoms with Crippen molar-refractivity contribution in [3.05, 3.63) is 77.1 Å². The van der Waals surface area contributed by atoms with Crippen molar-refractivity contribution in [1.29, 1.82) is 0 Å². The van der Waals surface area contributed by atoms with Crippen LogP contribution in [0.4, 0.5) is 5.95 Å². The first-order valence-electron chi connectivity index (χ1n) is 11.8. The molecule has 5 rings (SSSR count). The summed E-state index contributed by atoms with van der Waals surface area (Å²) in [5, 5.41) is 7.16. The molecule has 2 N–H and O–H groups in total. The van der Waals surface area contributed by atoms with E-state index in [1.807, 2.05) is 40.9 Å². The molecule has 0 unspecified atom stereocenters. The zero-order chi connectivity index (χ0) is 27.7. The molecule has 0 atom stereocenters. The Bertz CT molecular complexity index is 1720. The second kappa shape index (κ2) is 10.8. The van der Waals surface area contributed by atoms with Crippen LogP contribution >= 0.6 is 23.2 Å². The number of carbonyl (C=O) groups excluding carboxylic acids is 1. The highest BCUT2D eigenvalue weighted by Crippen LogP contribution is 2.47. The summed E-state index contributed by atoms with van der Waals surface area (Å²) in [7, 11) is 4.81. The van der Waals surface area contributed by atoms with Crippen LogP contribution in [-0.4, -0.2) is 46.5 Å². The van der Waals surface area contributed by atoms with Crippen LogP contribution in [0.2, 0.25) is 10.0 Å². The Morgan fingerprint density at radius 2 is 1.82 bits per heavy atom. The fourth-order valence-electron chi connectivity index (χ4n) is 4.30. The van der Waals surface area contributed by atoms with Gasteiger partial charge in [0.15, 0.2) is 5.65 Å². The van der Waals surface area contributed by atoms with Crippen molar-refractivity contribution in [3.8, 4) is 33.9 Å². The van der Waals surface area contributed by atoms with Crippen LogP contribution in [0.3, 0.4) is 0 Å². The number of anilines is 1. The SMILES string of the molecule is C=CC(=O)NCc1cccc(-c2cn3c(n2)c(-c2c(Cl)c(OC)cc(OC)c2Cl)cc2cnc(NC)nc23)c1. The van der Waals surface area contributed by atoms with Crippen molar-refractivity contribution < 1.29 is 14.3 Å². The normalized spacial score (nSPS) is 11.0. The highest BCUT2D eigenvalue weighted by Gasteiger charge is 2.23. The predicted molar refractivity (Wildman–Crippen MR) is 154 cm³/mol. The van der Waals surface area contributed by atoms with Crippen LogP contribution in [0.25, 0.3) is 39.1 Å². The fraction of sp³-hybridized carbons (Fsp3) is 0.143. The lowest BCUT2D eigenvalue weighted by molar-refractivity contribution is -0.116. The van der Waals surface area contributed by atoms with Crippen molar-refractivity contribution in [1.82, 2.24) is 24.7 Å². The maximum atomic E-state index is 11.7. The molecule has 0 spiro atoms. The smallest absolute Gasteiger partial charge is 0.243 e. The van der Waals surface area contributed by atoms with Gasteiger partial charge in [0, 0.05) is 54.1 Å². The molecule has 2 aromatic carbocycles. The van der Waals surface area contributed by atoms with Gasteiger partial charge in [0.1, 0.15) is 17.1 Å². The second-order valence-corrected chi connectivity index (χ2v) is 9.26. The molecule has 9 nitrogen and oxygen atoms in total. The highest BCUT2D eigenvalue weighted by atomic mass is 35.5. The average Bonchev–Trinajstić information content (AvgIpc) is 3.42. The number of nitrogens with zero attached hydrogens (tertiary/aromatic N) is 4. The maximum absolute atomic E-state index is 11.7. The van der Waals surface area contributed by atoms with Gasteiger partial charge in [0.2, 0.25) is 11.9 Å². The predicted octanol–water partition coefficient (Wildman–Crippen LogP) is 5.78. The van der Waals surface area contributed by atoms with Crippen LogP contribution in [0.5, 0.6) is 11.5 Å². The lowest BCUT2D eigenvalue weighted by Gasteiger charge is -2.16. The number of imidazole rings is 1. The number of halogens is 2. The van der Waals surface area contributed by atoms with Crippen molar-refractivity contribution in [3.63, 3.8) is 0 Å². The fourth-order valence-corrected chi connectivity index (χ4v) is 5.00. The topological polar surface area (TPSA) is 103 Å². The first-order chi connectivity index (χ1) is 18.9. The molecule has 0 radical (unpaired) electrons. The summed E-state index contributed by atoms with van der Waals surface area (Å²) >= 11 is 13.6. The number of nitrogens with one attached hydrogen (secondary N) is 2. The third kappa shape index (κ3) is 4.82. The number of carbonyl (C=O) groups is 1. The molecule has 39 heavy (non-hydrogen) atoms. The van der Waals surface area contributed by atoms with Gasteiger partial charge in [-0.2, -0.15) is 4.98 Å². The van der Waals surface area contributed by atoms with Crippen molar-refractivity contribution in [2.45, 2.75) is 6.54 Å². The number of fused-ring (bicyclic) bond motifs is 3. The Morgan fingerprint density at radius 1 is 1.08 bits per heavy atom. The molecular weight excluding hydrogens is 539 g/mol. The van der Waals surface area contributed by atoms with E-state index in [0.717, 1.165) is 16.5 Å². The van der Waals surface area contributed by atoms with E-state index in [0.29, 0.717) is 62.2 Å². The summed E-state index contributed by atoms with van der Waals surface area (Å²) < 4.78 is 12.9. The Hall–Kier alpha value is -4.34. The molecule has 198 valence electrons. The quantitative estimate of drug-likeness (QED) is 0.231. The Kier molecular flexibility index (Phi) is 7.28. The number of ether oxygens (including phenoxy) is 2. The van der Waals surface area contributed by atoms with Crippen molar-refractivity contribution in [2.24, 2.45) is 0 Å². The summed E-state index contributed by atoms with van der Waals surface area (Å²) in [5.41, 5.74) is 4.83. The Balaban J connectivity index is 1.77. The minimum Gasteiger partial charge on any atom is -0.495 e. The van der Waals surface area contributed by atoms with Gasteiger partial charge >= 0.3 is 0 Å². The molecule has 0 fully saturated rings. The molecule has 1 amide bonds. The molecule has 0 bridgehead atoms. The van der Waals surface area contributed by atoms with Crippen LogP contribution in [0.15, 0.2) is 61.4 Å². The van der Waals surface area contributed by atoms with E-state index in [4.69, 9.17) is 37.7 Å². The van der Waals surface area contributed by atoms with Gasteiger partial charge in [0.25, 0.3) is 0 Å². The lowest BCUT2D eigenvalue weighted by Crippen LogP contribution is -2.19. The molecule has 11 heteroatoms. The maximum Gasteiger partial charge on any atom is 0.243 e. The van der Waals surface area contributed by atoms with Crippen molar-refractivity contribution in [2.75, 3.05) is 26.6 Å². The zero-order valence-corrected chi connectivity index (χ0v) is 22.9. The molecule has 0 saturated heterocycles. The Morgan fingerprint density at radius 3 is 2.49 bits per heavy atom. The Labute approximate surface area is 234 Å². The highest BCUT2D eigenvalue weighted by molar-refractivity contribution is 6.41. The third-order valence-electron chi connectivity index (χ3n) is 6.21. The number of amides is 1. The summed E-state index contributed by atoms with van der Waals surface area (Å²) in [6.45, 7) is 3.85. The molecule has 0 aliphatic carbocycles. The number of rotatable bonds is 8. The number of pyridine rings is 1. The summed E-state index contributed by atoms with van der Waals surface area (Å²) in [4.78, 5) is 25.7. The summed E-state index contributed by atoms with van der Waals surface area (Å²) in [6.07, 6.45) is 4.86.